The lowest BCUT2D eigenvalue weighted by molar-refractivity contribution is -0.138. The summed E-state index contributed by atoms with van der Waals surface area (Å²) in [4.78, 5) is 26.9. The van der Waals surface area contributed by atoms with Crippen LogP contribution in [0.2, 0.25) is 0 Å². The van der Waals surface area contributed by atoms with Crippen LogP contribution in [0.3, 0.4) is 0 Å². The van der Waals surface area contributed by atoms with Crippen LogP contribution < -0.4 is 5.32 Å². The van der Waals surface area contributed by atoms with Crippen LogP contribution in [0.25, 0.3) is 0 Å². The standard InChI is InChI=1S/C16H28N2O3/c1-15(2,3)21-14(20)17-16(9-5-4-6-10-16)13(19)18-11-7-8-12-18/h4-12H2,1-3H3,(H,17,20). The molecule has 2 rings (SSSR count). The van der Waals surface area contributed by atoms with Crippen molar-refractivity contribution in [2.75, 3.05) is 13.1 Å². The topological polar surface area (TPSA) is 58.6 Å². The Morgan fingerprint density at radius 1 is 1.00 bits per heavy atom. The number of likely N-dealkylation sites (tertiary alicyclic amines) is 1. The molecule has 1 N–H and O–H groups in total. The van der Waals surface area contributed by atoms with Gasteiger partial charge in [-0.15, -0.1) is 0 Å². The molecule has 0 aromatic heterocycles. The quantitative estimate of drug-likeness (QED) is 0.852. The van der Waals surface area contributed by atoms with Crippen LogP contribution in [-0.4, -0.2) is 41.1 Å². The van der Waals surface area contributed by atoms with Crippen LogP contribution in [0, 0.1) is 0 Å². The van der Waals surface area contributed by atoms with E-state index in [0.29, 0.717) is 0 Å². The number of carbonyl (C=O) groups is 2. The second kappa shape index (κ2) is 6.24. The Hall–Kier alpha value is -1.26. The zero-order chi connectivity index (χ0) is 15.5. The number of amides is 2. The van der Waals surface area contributed by atoms with Crippen molar-refractivity contribution >= 4 is 12.0 Å². The van der Waals surface area contributed by atoms with Gasteiger partial charge in [-0.2, -0.15) is 0 Å². The first-order valence-electron chi connectivity index (χ1n) is 8.13. The maximum absolute atomic E-state index is 12.9. The summed E-state index contributed by atoms with van der Waals surface area (Å²) in [6.07, 6.45) is 6.19. The fraction of sp³-hybridized carbons (Fsp3) is 0.875. The highest BCUT2D eigenvalue weighted by Gasteiger charge is 2.44. The van der Waals surface area contributed by atoms with Gasteiger partial charge in [-0.05, 0) is 46.5 Å². The van der Waals surface area contributed by atoms with E-state index in [0.717, 1.165) is 58.0 Å². The minimum atomic E-state index is -0.745. The molecule has 1 saturated carbocycles. The van der Waals surface area contributed by atoms with Crippen molar-refractivity contribution in [3.63, 3.8) is 0 Å². The number of nitrogens with one attached hydrogen (secondary N) is 1. The Bertz CT molecular complexity index is 389. The summed E-state index contributed by atoms with van der Waals surface area (Å²) in [7, 11) is 0. The lowest BCUT2D eigenvalue weighted by atomic mass is 9.80. The predicted molar refractivity (Wildman–Crippen MR) is 81.0 cm³/mol. The number of rotatable bonds is 2. The molecule has 0 aromatic carbocycles. The number of alkyl carbamates (subject to hydrolysis) is 1. The van der Waals surface area contributed by atoms with Gasteiger partial charge in [0.25, 0.3) is 0 Å². The second-order valence-electron chi connectivity index (χ2n) is 7.27. The van der Waals surface area contributed by atoms with Gasteiger partial charge in [0.05, 0.1) is 0 Å². The third-order valence-electron chi connectivity index (χ3n) is 4.25. The molecular formula is C16H28N2O3. The summed E-state index contributed by atoms with van der Waals surface area (Å²) in [5, 5.41) is 2.91. The maximum Gasteiger partial charge on any atom is 0.408 e. The number of hydrogen-bond donors (Lipinski definition) is 1. The first kappa shape index (κ1) is 16.1. The molecule has 0 radical (unpaired) electrons. The molecule has 0 atom stereocenters. The lowest BCUT2D eigenvalue weighted by Crippen LogP contribution is -2.60. The van der Waals surface area contributed by atoms with Gasteiger partial charge >= 0.3 is 6.09 Å². The molecule has 1 saturated heterocycles. The normalized spacial score (nSPS) is 22.0. The van der Waals surface area contributed by atoms with Crippen LogP contribution in [0.15, 0.2) is 0 Å². The van der Waals surface area contributed by atoms with Crippen LogP contribution >= 0.6 is 0 Å². The van der Waals surface area contributed by atoms with Gasteiger partial charge in [0, 0.05) is 13.1 Å². The van der Waals surface area contributed by atoms with Crippen molar-refractivity contribution in [3.8, 4) is 0 Å². The molecule has 0 unspecified atom stereocenters. The van der Waals surface area contributed by atoms with E-state index in [4.69, 9.17) is 4.74 Å². The summed E-state index contributed by atoms with van der Waals surface area (Å²) in [6, 6.07) is 0. The van der Waals surface area contributed by atoms with Crippen LogP contribution in [0.1, 0.15) is 65.7 Å². The fourth-order valence-electron chi connectivity index (χ4n) is 3.27. The summed E-state index contributed by atoms with van der Waals surface area (Å²) < 4.78 is 5.36. The van der Waals surface area contributed by atoms with E-state index in [1.807, 2.05) is 25.7 Å². The molecule has 120 valence electrons. The molecule has 0 bridgehead atoms. The highest BCUT2D eigenvalue weighted by atomic mass is 16.6. The summed E-state index contributed by atoms with van der Waals surface area (Å²) >= 11 is 0. The van der Waals surface area contributed by atoms with Crippen LogP contribution in [0.4, 0.5) is 4.79 Å². The lowest BCUT2D eigenvalue weighted by Gasteiger charge is -2.39. The molecule has 2 fully saturated rings. The Morgan fingerprint density at radius 2 is 1.57 bits per heavy atom. The van der Waals surface area contributed by atoms with Crippen LogP contribution in [0.5, 0.6) is 0 Å². The fourth-order valence-corrected chi connectivity index (χ4v) is 3.27. The van der Waals surface area contributed by atoms with Crippen molar-refractivity contribution < 1.29 is 14.3 Å². The van der Waals surface area contributed by atoms with Gasteiger partial charge < -0.3 is 15.0 Å². The first-order valence-corrected chi connectivity index (χ1v) is 8.13. The van der Waals surface area contributed by atoms with Gasteiger partial charge in [-0.1, -0.05) is 19.3 Å². The molecule has 2 aliphatic rings. The molecule has 2 amide bonds. The molecule has 1 aliphatic carbocycles. The zero-order valence-electron chi connectivity index (χ0n) is 13.5. The van der Waals surface area contributed by atoms with Gasteiger partial charge in [0.2, 0.25) is 5.91 Å². The Kier molecular flexibility index (Phi) is 4.79. The third-order valence-corrected chi connectivity index (χ3v) is 4.25. The van der Waals surface area contributed by atoms with E-state index < -0.39 is 17.2 Å². The molecule has 21 heavy (non-hydrogen) atoms. The average molecular weight is 296 g/mol. The number of ether oxygens (including phenoxy) is 1. The molecule has 0 spiro atoms. The number of carbonyl (C=O) groups excluding carboxylic acids is 2. The van der Waals surface area contributed by atoms with Crippen molar-refractivity contribution in [1.29, 1.82) is 0 Å². The van der Waals surface area contributed by atoms with E-state index in [1.165, 1.54) is 0 Å². The van der Waals surface area contributed by atoms with Crippen molar-refractivity contribution in [2.45, 2.75) is 76.9 Å². The summed E-state index contributed by atoms with van der Waals surface area (Å²) in [6.45, 7) is 7.14. The number of nitrogens with zero attached hydrogens (tertiary/aromatic N) is 1. The maximum atomic E-state index is 12.9. The minimum absolute atomic E-state index is 0.0885. The molecule has 5 heteroatoms. The predicted octanol–water partition coefficient (Wildman–Crippen LogP) is 2.84. The number of hydrogen-bond acceptors (Lipinski definition) is 3. The monoisotopic (exact) mass is 296 g/mol. The highest BCUT2D eigenvalue weighted by molar-refractivity contribution is 5.90. The van der Waals surface area contributed by atoms with Crippen molar-refractivity contribution in [1.82, 2.24) is 10.2 Å². The van der Waals surface area contributed by atoms with Crippen molar-refractivity contribution in [3.05, 3.63) is 0 Å². The summed E-state index contributed by atoms with van der Waals surface area (Å²) in [5.74, 6) is 0.0885. The van der Waals surface area contributed by atoms with Gasteiger partial charge in [-0.3, -0.25) is 4.79 Å². The zero-order valence-corrected chi connectivity index (χ0v) is 13.5. The second-order valence-corrected chi connectivity index (χ2v) is 7.27. The van der Waals surface area contributed by atoms with E-state index in [-0.39, 0.29) is 5.91 Å². The highest BCUT2D eigenvalue weighted by Crippen LogP contribution is 2.31. The molecule has 1 heterocycles. The summed E-state index contributed by atoms with van der Waals surface area (Å²) in [5.41, 5.74) is -1.29. The minimum Gasteiger partial charge on any atom is -0.444 e. The molecule has 0 aromatic rings. The Morgan fingerprint density at radius 3 is 2.10 bits per heavy atom. The van der Waals surface area contributed by atoms with E-state index in [1.54, 1.807) is 0 Å². The van der Waals surface area contributed by atoms with Gasteiger partial charge in [0.1, 0.15) is 11.1 Å². The van der Waals surface area contributed by atoms with E-state index in [9.17, 15) is 9.59 Å². The van der Waals surface area contributed by atoms with Crippen molar-refractivity contribution in [2.24, 2.45) is 0 Å². The average Bonchev–Trinajstić information content (AvgIpc) is 2.90. The molecule has 1 aliphatic heterocycles. The smallest absolute Gasteiger partial charge is 0.408 e. The SMILES string of the molecule is CC(C)(C)OC(=O)NC1(C(=O)N2CCCC2)CCCCC1. The molecule has 5 nitrogen and oxygen atoms in total. The third kappa shape index (κ3) is 4.11. The van der Waals surface area contributed by atoms with Crippen LogP contribution in [-0.2, 0) is 9.53 Å². The Labute approximate surface area is 127 Å². The van der Waals surface area contributed by atoms with E-state index >= 15 is 0 Å². The van der Waals surface area contributed by atoms with Gasteiger partial charge in [-0.25, -0.2) is 4.79 Å². The largest absolute Gasteiger partial charge is 0.444 e. The van der Waals surface area contributed by atoms with Gasteiger partial charge in [0.15, 0.2) is 0 Å². The molecular weight excluding hydrogens is 268 g/mol. The first-order chi connectivity index (χ1) is 9.82. The van der Waals surface area contributed by atoms with E-state index in [2.05, 4.69) is 5.32 Å². The Balaban J connectivity index is 2.09.